The van der Waals surface area contributed by atoms with Gasteiger partial charge in [0.25, 0.3) is 5.91 Å². The standard InChI is InChI=1S/C15H20BrNO/c1-10-7-8-13(9-14(10)16)15(18)17-11(2)5-4-6-12(17)3/h7-9,11-12H,4-6H2,1-3H3. The van der Waals surface area contributed by atoms with E-state index in [1.54, 1.807) is 0 Å². The van der Waals surface area contributed by atoms with Gasteiger partial charge in [-0.2, -0.15) is 0 Å². The molecule has 1 aliphatic heterocycles. The Morgan fingerprint density at radius 3 is 2.44 bits per heavy atom. The van der Waals surface area contributed by atoms with E-state index in [-0.39, 0.29) is 5.91 Å². The van der Waals surface area contributed by atoms with Crippen LogP contribution in [-0.2, 0) is 0 Å². The van der Waals surface area contributed by atoms with Crippen LogP contribution in [0.5, 0.6) is 0 Å². The van der Waals surface area contributed by atoms with Crippen LogP contribution in [0.3, 0.4) is 0 Å². The zero-order valence-electron chi connectivity index (χ0n) is 11.2. The summed E-state index contributed by atoms with van der Waals surface area (Å²) in [6, 6.07) is 6.56. The number of carbonyl (C=O) groups is 1. The summed E-state index contributed by atoms with van der Waals surface area (Å²) in [4.78, 5) is 14.6. The molecule has 1 saturated heterocycles. The molecule has 1 aliphatic rings. The molecule has 1 amide bonds. The van der Waals surface area contributed by atoms with E-state index in [0.717, 1.165) is 28.4 Å². The zero-order chi connectivity index (χ0) is 13.3. The molecule has 0 aliphatic carbocycles. The summed E-state index contributed by atoms with van der Waals surface area (Å²) in [6.07, 6.45) is 3.45. The van der Waals surface area contributed by atoms with Crippen molar-refractivity contribution in [3.8, 4) is 0 Å². The zero-order valence-corrected chi connectivity index (χ0v) is 12.8. The Balaban J connectivity index is 2.26. The highest BCUT2D eigenvalue weighted by atomic mass is 79.9. The van der Waals surface area contributed by atoms with Crippen molar-refractivity contribution in [2.45, 2.75) is 52.1 Å². The van der Waals surface area contributed by atoms with E-state index in [2.05, 4.69) is 29.8 Å². The van der Waals surface area contributed by atoms with E-state index >= 15 is 0 Å². The average Bonchev–Trinajstić information content (AvgIpc) is 2.32. The number of amides is 1. The predicted molar refractivity (Wildman–Crippen MR) is 77.8 cm³/mol. The van der Waals surface area contributed by atoms with Crippen LogP contribution in [-0.4, -0.2) is 22.9 Å². The first kappa shape index (κ1) is 13.6. The number of rotatable bonds is 1. The number of likely N-dealkylation sites (tertiary alicyclic amines) is 1. The molecule has 18 heavy (non-hydrogen) atoms. The van der Waals surface area contributed by atoms with Crippen LogP contribution in [0, 0.1) is 6.92 Å². The molecule has 0 bridgehead atoms. The number of benzene rings is 1. The van der Waals surface area contributed by atoms with Gasteiger partial charge in [0.05, 0.1) is 0 Å². The summed E-state index contributed by atoms with van der Waals surface area (Å²) in [5.74, 6) is 0.162. The molecule has 2 unspecified atom stereocenters. The van der Waals surface area contributed by atoms with Crippen molar-refractivity contribution >= 4 is 21.8 Å². The van der Waals surface area contributed by atoms with Gasteiger partial charge in [-0.05, 0) is 57.7 Å². The maximum Gasteiger partial charge on any atom is 0.254 e. The van der Waals surface area contributed by atoms with Gasteiger partial charge >= 0.3 is 0 Å². The van der Waals surface area contributed by atoms with E-state index in [1.165, 1.54) is 6.42 Å². The highest BCUT2D eigenvalue weighted by Gasteiger charge is 2.29. The molecule has 0 radical (unpaired) electrons. The number of piperidine rings is 1. The Kier molecular flexibility index (Phi) is 4.10. The number of aryl methyl sites for hydroxylation is 1. The third-order valence-corrected chi connectivity index (χ3v) is 4.70. The molecule has 1 aromatic carbocycles. The van der Waals surface area contributed by atoms with Gasteiger partial charge in [0, 0.05) is 22.1 Å². The molecule has 2 nitrogen and oxygen atoms in total. The smallest absolute Gasteiger partial charge is 0.254 e. The van der Waals surface area contributed by atoms with Crippen LogP contribution in [0.1, 0.15) is 49.0 Å². The monoisotopic (exact) mass is 309 g/mol. The normalized spacial score (nSPS) is 24.1. The largest absolute Gasteiger partial charge is 0.333 e. The lowest BCUT2D eigenvalue weighted by Gasteiger charge is -2.39. The van der Waals surface area contributed by atoms with Gasteiger partial charge in [0.2, 0.25) is 0 Å². The van der Waals surface area contributed by atoms with Crippen molar-refractivity contribution in [2.24, 2.45) is 0 Å². The first-order valence-electron chi connectivity index (χ1n) is 6.59. The maximum absolute atomic E-state index is 12.6. The second-order valence-electron chi connectivity index (χ2n) is 5.31. The second-order valence-corrected chi connectivity index (χ2v) is 6.16. The fraction of sp³-hybridized carbons (Fsp3) is 0.533. The number of halogens is 1. The SMILES string of the molecule is Cc1ccc(C(=O)N2C(C)CCCC2C)cc1Br. The first-order chi connectivity index (χ1) is 8.50. The Labute approximate surface area is 117 Å². The quantitative estimate of drug-likeness (QED) is 0.762. The van der Waals surface area contributed by atoms with Crippen molar-refractivity contribution in [1.82, 2.24) is 4.90 Å². The van der Waals surface area contributed by atoms with Crippen LogP contribution >= 0.6 is 15.9 Å². The number of nitrogens with zero attached hydrogens (tertiary/aromatic N) is 1. The Morgan fingerprint density at radius 2 is 1.89 bits per heavy atom. The van der Waals surface area contributed by atoms with Crippen LogP contribution in [0.25, 0.3) is 0 Å². The van der Waals surface area contributed by atoms with Crippen LogP contribution < -0.4 is 0 Å². The van der Waals surface area contributed by atoms with Gasteiger partial charge in [-0.3, -0.25) is 4.79 Å². The molecule has 0 N–H and O–H groups in total. The molecule has 2 atom stereocenters. The average molecular weight is 310 g/mol. The lowest BCUT2D eigenvalue weighted by molar-refractivity contribution is 0.0510. The Bertz CT molecular complexity index is 448. The van der Waals surface area contributed by atoms with Crippen LogP contribution in [0.2, 0.25) is 0 Å². The minimum Gasteiger partial charge on any atom is -0.333 e. The minimum absolute atomic E-state index is 0.162. The van der Waals surface area contributed by atoms with E-state index < -0.39 is 0 Å². The van der Waals surface area contributed by atoms with Gasteiger partial charge in [-0.1, -0.05) is 22.0 Å². The third kappa shape index (κ3) is 2.61. The second kappa shape index (κ2) is 5.43. The van der Waals surface area contributed by atoms with Gasteiger partial charge in [0.15, 0.2) is 0 Å². The van der Waals surface area contributed by atoms with Crippen molar-refractivity contribution < 1.29 is 4.79 Å². The van der Waals surface area contributed by atoms with Gasteiger partial charge < -0.3 is 4.90 Å². The van der Waals surface area contributed by atoms with Gasteiger partial charge in [-0.15, -0.1) is 0 Å². The molecule has 2 rings (SSSR count). The Hall–Kier alpha value is -0.830. The van der Waals surface area contributed by atoms with Crippen molar-refractivity contribution in [1.29, 1.82) is 0 Å². The Morgan fingerprint density at radius 1 is 1.28 bits per heavy atom. The summed E-state index contributed by atoms with van der Waals surface area (Å²) < 4.78 is 1.01. The molecular weight excluding hydrogens is 290 g/mol. The van der Waals surface area contributed by atoms with Crippen molar-refractivity contribution in [2.75, 3.05) is 0 Å². The molecule has 1 aromatic rings. The third-order valence-electron chi connectivity index (χ3n) is 3.85. The lowest BCUT2D eigenvalue weighted by Crippen LogP contribution is -2.47. The number of carbonyl (C=O) groups excluding carboxylic acids is 1. The summed E-state index contributed by atoms with van der Waals surface area (Å²) >= 11 is 3.50. The first-order valence-corrected chi connectivity index (χ1v) is 7.39. The summed E-state index contributed by atoms with van der Waals surface area (Å²) in [5, 5.41) is 0. The van der Waals surface area contributed by atoms with Crippen molar-refractivity contribution in [3.63, 3.8) is 0 Å². The number of hydrogen-bond donors (Lipinski definition) is 0. The van der Waals surface area contributed by atoms with Gasteiger partial charge in [0.1, 0.15) is 0 Å². The minimum atomic E-state index is 0.162. The molecule has 0 spiro atoms. The van der Waals surface area contributed by atoms with Crippen molar-refractivity contribution in [3.05, 3.63) is 33.8 Å². The summed E-state index contributed by atoms with van der Waals surface area (Å²) in [6.45, 7) is 6.33. The lowest BCUT2D eigenvalue weighted by atomic mass is 9.96. The fourth-order valence-electron chi connectivity index (χ4n) is 2.70. The van der Waals surface area contributed by atoms with E-state index in [4.69, 9.17) is 0 Å². The topological polar surface area (TPSA) is 20.3 Å². The molecule has 98 valence electrons. The predicted octanol–water partition coefficient (Wildman–Crippen LogP) is 4.16. The van der Waals surface area contributed by atoms with Gasteiger partial charge in [-0.25, -0.2) is 0 Å². The molecule has 1 heterocycles. The fourth-order valence-corrected chi connectivity index (χ4v) is 3.08. The molecule has 0 aromatic heterocycles. The molecular formula is C15H20BrNO. The van der Waals surface area contributed by atoms with Crippen LogP contribution in [0.15, 0.2) is 22.7 Å². The highest BCUT2D eigenvalue weighted by molar-refractivity contribution is 9.10. The van der Waals surface area contributed by atoms with E-state index in [9.17, 15) is 4.79 Å². The summed E-state index contributed by atoms with van der Waals surface area (Å²) in [7, 11) is 0. The number of hydrogen-bond acceptors (Lipinski definition) is 1. The maximum atomic E-state index is 12.6. The van der Waals surface area contributed by atoms with E-state index in [0.29, 0.717) is 12.1 Å². The molecule has 0 saturated carbocycles. The summed E-state index contributed by atoms with van der Waals surface area (Å²) in [5.41, 5.74) is 1.94. The van der Waals surface area contributed by atoms with Crippen LogP contribution in [0.4, 0.5) is 0 Å². The van der Waals surface area contributed by atoms with E-state index in [1.807, 2.05) is 30.0 Å². The highest BCUT2D eigenvalue weighted by Crippen LogP contribution is 2.26. The molecule has 1 fully saturated rings. The molecule has 3 heteroatoms.